The van der Waals surface area contributed by atoms with Crippen molar-refractivity contribution in [2.75, 3.05) is 17.1 Å². The molecule has 0 unspecified atom stereocenters. The van der Waals surface area contributed by atoms with Gasteiger partial charge in [0.15, 0.2) is 0 Å². The van der Waals surface area contributed by atoms with E-state index in [2.05, 4.69) is 11.4 Å². The van der Waals surface area contributed by atoms with Gasteiger partial charge in [-0.05, 0) is 69.2 Å². The topological polar surface area (TPSA) is 66.5 Å². The van der Waals surface area contributed by atoms with Crippen LogP contribution in [0.5, 0.6) is 0 Å². The molecule has 2 rings (SSSR count). The van der Waals surface area contributed by atoms with Crippen molar-refractivity contribution in [2.45, 2.75) is 58.9 Å². The number of carbonyl (C=O) groups is 1. The highest BCUT2D eigenvalue weighted by Gasteiger charge is 2.31. The number of hydrogen-bond acceptors (Lipinski definition) is 3. The van der Waals surface area contributed by atoms with Gasteiger partial charge < -0.3 is 5.32 Å². The van der Waals surface area contributed by atoms with Crippen LogP contribution in [0.4, 0.5) is 5.69 Å². The van der Waals surface area contributed by atoms with Crippen molar-refractivity contribution >= 4 is 21.6 Å². The number of anilines is 1. The lowest BCUT2D eigenvalue weighted by molar-refractivity contribution is -0.122. The van der Waals surface area contributed by atoms with Crippen molar-refractivity contribution in [1.29, 1.82) is 0 Å². The maximum absolute atomic E-state index is 12.8. The molecule has 1 atom stereocenters. The number of rotatable bonds is 7. The second-order valence-corrected chi connectivity index (χ2v) is 8.94. The Bertz CT molecular complexity index is 784. The van der Waals surface area contributed by atoms with Crippen LogP contribution >= 0.6 is 0 Å². The first-order valence-corrected chi connectivity index (χ1v) is 11.1. The van der Waals surface area contributed by atoms with E-state index < -0.39 is 16.1 Å². The molecule has 0 saturated heterocycles. The number of nitrogens with zero attached hydrogens (tertiary/aromatic N) is 1. The molecule has 1 aliphatic carbocycles. The standard InChI is InChI=1S/C20H30N2O3S/c1-5-19(20(23)21-14-17-9-7-6-8-10-17)22(26(4,24)25)18-12-11-15(2)16(3)13-18/h9,11-13,19H,5-8,10,14H2,1-4H3,(H,21,23)/t19-/m0/s1. The van der Waals surface area contributed by atoms with Crippen molar-refractivity contribution < 1.29 is 13.2 Å². The molecule has 0 saturated carbocycles. The molecule has 6 heteroatoms. The van der Waals surface area contributed by atoms with E-state index in [1.54, 1.807) is 6.07 Å². The van der Waals surface area contributed by atoms with Gasteiger partial charge in [-0.2, -0.15) is 0 Å². The van der Waals surface area contributed by atoms with E-state index in [-0.39, 0.29) is 5.91 Å². The molecular weight excluding hydrogens is 348 g/mol. The van der Waals surface area contributed by atoms with Crippen LogP contribution in [-0.2, 0) is 14.8 Å². The number of aryl methyl sites for hydroxylation is 2. The lowest BCUT2D eigenvalue weighted by Gasteiger charge is -2.30. The molecule has 0 fully saturated rings. The molecule has 0 spiro atoms. The number of hydrogen-bond donors (Lipinski definition) is 1. The summed E-state index contributed by atoms with van der Waals surface area (Å²) in [5, 5.41) is 2.94. The summed E-state index contributed by atoms with van der Waals surface area (Å²) >= 11 is 0. The average molecular weight is 379 g/mol. The second kappa shape index (κ2) is 8.71. The molecule has 1 N–H and O–H groups in total. The Morgan fingerprint density at radius 3 is 2.50 bits per heavy atom. The van der Waals surface area contributed by atoms with Crippen molar-refractivity contribution in [1.82, 2.24) is 5.32 Å². The molecule has 0 bridgehead atoms. The molecule has 0 heterocycles. The van der Waals surface area contributed by atoms with Crippen molar-refractivity contribution in [3.63, 3.8) is 0 Å². The highest BCUT2D eigenvalue weighted by atomic mass is 32.2. The predicted octanol–water partition coefficient (Wildman–Crippen LogP) is 3.46. The Morgan fingerprint density at radius 1 is 1.23 bits per heavy atom. The van der Waals surface area contributed by atoms with Gasteiger partial charge in [-0.3, -0.25) is 9.10 Å². The van der Waals surface area contributed by atoms with Crippen LogP contribution < -0.4 is 9.62 Å². The lowest BCUT2D eigenvalue weighted by atomic mass is 9.99. The van der Waals surface area contributed by atoms with Gasteiger partial charge in [-0.1, -0.05) is 24.6 Å². The first kappa shape index (κ1) is 20.5. The fraction of sp³-hybridized carbons (Fsp3) is 0.550. The summed E-state index contributed by atoms with van der Waals surface area (Å²) in [6.45, 7) is 6.25. The number of nitrogens with one attached hydrogen (secondary N) is 1. The Labute approximate surface area is 157 Å². The van der Waals surface area contributed by atoms with Gasteiger partial charge in [0.25, 0.3) is 0 Å². The third-order valence-electron chi connectivity index (χ3n) is 4.95. The third kappa shape index (κ3) is 5.10. The predicted molar refractivity (Wildman–Crippen MR) is 107 cm³/mol. The molecule has 144 valence electrons. The molecule has 0 radical (unpaired) electrons. The molecule has 0 aliphatic heterocycles. The van der Waals surface area contributed by atoms with E-state index in [0.717, 1.165) is 36.6 Å². The zero-order valence-electron chi connectivity index (χ0n) is 16.2. The Kier molecular flexibility index (Phi) is 6.87. The summed E-state index contributed by atoms with van der Waals surface area (Å²) in [5.41, 5.74) is 3.86. The van der Waals surface area contributed by atoms with E-state index >= 15 is 0 Å². The minimum Gasteiger partial charge on any atom is -0.351 e. The third-order valence-corrected chi connectivity index (χ3v) is 6.13. The Balaban J connectivity index is 2.24. The maximum Gasteiger partial charge on any atom is 0.244 e. The Morgan fingerprint density at radius 2 is 1.96 bits per heavy atom. The number of amides is 1. The minimum absolute atomic E-state index is 0.248. The monoisotopic (exact) mass is 378 g/mol. The van der Waals surface area contributed by atoms with Crippen molar-refractivity contribution in [3.8, 4) is 0 Å². The summed E-state index contributed by atoms with van der Waals surface area (Å²) < 4.78 is 26.2. The van der Waals surface area contributed by atoms with E-state index in [1.165, 1.54) is 16.3 Å². The largest absolute Gasteiger partial charge is 0.351 e. The average Bonchev–Trinajstić information content (AvgIpc) is 2.60. The maximum atomic E-state index is 12.8. The zero-order chi connectivity index (χ0) is 19.3. The lowest BCUT2D eigenvalue weighted by Crippen LogP contribution is -2.49. The summed E-state index contributed by atoms with van der Waals surface area (Å²) in [6.07, 6.45) is 8.15. The van der Waals surface area contributed by atoms with E-state index in [1.807, 2.05) is 32.9 Å². The fourth-order valence-electron chi connectivity index (χ4n) is 3.31. The number of sulfonamides is 1. The highest BCUT2D eigenvalue weighted by molar-refractivity contribution is 7.92. The van der Waals surface area contributed by atoms with Crippen LogP contribution in [0, 0.1) is 13.8 Å². The molecule has 1 aromatic carbocycles. The molecular formula is C20H30N2O3S. The molecule has 5 nitrogen and oxygen atoms in total. The molecule has 0 aromatic heterocycles. The normalized spacial score (nSPS) is 15.9. The van der Waals surface area contributed by atoms with E-state index in [9.17, 15) is 13.2 Å². The smallest absolute Gasteiger partial charge is 0.244 e. The summed E-state index contributed by atoms with van der Waals surface area (Å²) in [7, 11) is -3.59. The van der Waals surface area contributed by atoms with Crippen molar-refractivity contribution in [2.24, 2.45) is 0 Å². The zero-order valence-corrected chi connectivity index (χ0v) is 17.0. The number of allylic oxidation sites excluding steroid dienone is 1. The van der Waals surface area contributed by atoms with Gasteiger partial charge in [0.1, 0.15) is 6.04 Å². The fourth-order valence-corrected chi connectivity index (χ4v) is 4.51. The second-order valence-electron chi connectivity index (χ2n) is 7.08. The number of benzene rings is 1. The molecule has 1 aromatic rings. The van der Waals surface area contributed by atoms with E-state index in [4.69, 9.17) is 0 Å². The van der Waals surface area contributed by atoms with Crippen LogP contribution in [0.3, 0.4) is 0 Å². The van der Waals surface area contributed by atoms with Gasteiger partial charge in [0, 0.05) is 6.54 Å². The van der Waals surface area contributed by atoms with Crippen LogP contribution in [0.25, 0.3) is 0 Å². The van der Waals surface area contributed by atoms with Crippen LogP contribution in [0.1, 0.15) is 50.2 Å². The minimum atomic E-state index is -3.59. The molecule has 26 heavy (non-hydrogen) atoms. The molecule has 1 amide bonds. The van der Waals surface area contributed by atoms with E-state index in [0.29, 0.717) is 18.7 Å². The van der Waals surface area contributed by atoms with Gasteiger partial charge in [-0.15, -0.1) is 0 Å². The van der Waals surface area contributed by atoms with Crippen molar-refractivity contribution in [3.05, 3.63) is 41.0 Å². The quantitative estimate of drug-likeness (QED) is 0.739. The number of carbonyl (C=O) groups excluding carboxylic acids is 1. The first-order valence-electron chi connectivity index (χ1n) is 9.26. The van der Waals surface area contributed by atoms with Gasteiger partial charge >= 0.3 is 0 Å². The SMILES string of the molecule is CC[C@@H](C(=O)NCC1=CCCCC1)N(c1ccc(C)c(C)c1)S(C)(=O)=O. The van der Waals surface area contributed by atoms with Gasteiger partial charge in [0.05, 0.1) is 11.9 Å². The van der Waals surface area contributed by atoms with Crippen LogP contribution in [0.2, 0.25) is 0 Å². The molecule has 1 aliphatic rings. The van der Waals surface area contributed by atoms with Gasteiger partial charge in [-0.25, -0.2) is 8.42 Å². The summed E-state index contributed by atoms with van der Waals surface area (Å²) in [5.74, 6) is -0.248. The Hall–Kier alpha value is -1.82. The summed E-state index contributed by atoms with van der Waals surface area (Å²) in [6, 6.07) is 4.73. The summed E-state index contributed by atoms with van der Waals surface area (Å²) in [4.78, 5) is 12.8. The van der Waals surface area contributed by atoms with Crippen LogP contribution in [-0.4, -0.2) is 33.2 Å². The van der Waals surface area contributed by atoms with Crippen LogP contribution in [0.15, 0.2) is 29.8 Å². The van der Waals surface area contributed by atoms with Gasteiger partial charge in [0.2, 0.25) is 15.9 Å². The highest BCUT2D eigenvalue weighted by Crippen LogP contribution is 2.25. The first-order chi connectivity index (χ1) is 12.2.